The summed E-state index contributed by atoms with van der Waals surface area (Å²) in [6.07, 6.45) is 4.40. The van der Waals surface area contributed by atoms with E-state index in [0.29, 0.717) is 23.3 Å². The summed E-state index contributed by atoms with van der Waals surface area (Å²) in [5.41, 5.74) is 0. The summed E-state index contributed by atoms with van der Waals surface area (Å²) in [5.74, 6) is 2.28. The summed E-state index contributed by atoms with van der Waals surface area (Å²) in [7, 11) is 1.52. The number of hydrogen-bond acceptors (Lipinski definition) is 4. The number of likely N-dealkylation sites (N-methyl/N-ethyl adjacent to an activating group) is 1. The Balaban J connectivity index is 0.00000420. The molecule has 0 aromatic carbocycles. The predicted octanol–water partition coefficient (Wildman–Crippen LogP) is 2.51. The van der Waals surface area contributed by atoms with Gasteiger partial charge in [-0.15, -0.1) is 24.0 Å². The highest BCUT2D eigenvalue weighted by atomic mass is 127. The minimum Gasteiger partial charge on any atom is -0.357 e. The van der Waals surface area contributed by atoms with Gasteiger partial charge in [0.1, 0.15) is 0 Å². The van der Waals surface area contributed by atoms with Crippen LogP contribution in [-0.2, 0) is 10.8 Å². The van der Waals surface area contributed by atoms with Crippen molar-refractivity contribution in [2.45, 2.75) is 70.7 Å². The molecule has 8 heteroatoms. The Bertz CT molecular complexity index is 511. The van der Waals surface area contributed by atoms with Crippen molar-refractivity contribution in [1.82, 2.24) is 20.4 Å². The zero-order valence-corrected chi connectivity index (χ0v) is 22.3. The van der Waals surface area contributed by atoms with Crippen molar-refractivity contribution in [3.63, 3.8) is 0 Å². The molecule has 1 heterocycles. The van der Waals surface area contributed by atoms with Crippen LogP contribution < -0.4 is 10.6 Å². The number of nitrogens with zero attached hydrogens (tertiary/aromatic N) is 3. The summed E-state index contributed by atoms with van der Waals surface area (Å²) < 4.78 is 12.2. The number of nitrogens with one attached hydrogen (secondary N) is 2. The molecule has 0 radical (unpaired) electrons. The molecule has 1 aliphatic heterocycles. The number of piperazine rings is 1. The minimum absolute atomic E-state index is 0. The molecule has 2 rings (SSSR count). The summed E-state index contributed by atoms with van der Waals surface area (Å²) in [5, 5.41) is 7.42. The van der Waals surface area contributed by atoms with Gasteiger partial charge in [-0.1, -0.05) is 27.2 Å². The number of hydrogen-bond donors (Lipinski definition) is 2. The maximum atomic E-state index is 12.2. The standard InChI is InChI=1S/C21H43N5OS.HI/c1-6-22-21(24-18-9-8-10-19(15-18)28(27)7-2)23-16-20(17(3)4)26-13-11-25(5)12-14-26;/h17-20H,6-16H2,1-5H3,(H2,22,23,24);1H. The topological polar surface area (TPSA) is 60.0 Å². The molecule has 29 heavy (non-hydrogen) atoms. The van der Waals surface area contributed by atoms with E-state index in [1.165, 1.54) is 0 Å². The Kier molecular flexibility index (Phi) is 13.3. The third-order valence-electron chi connectivity index (χ3n) is 6.18. The van der Waals surface area contributed by atoms with Gasteiger partial charge < -0.3 is 15.5 Å². The second-order valence-corrected chi connectivity index (χ2v) is 10.7. The van der Waals surface area contributed by atoms with Crippen molar-refractivity contribution in [3.8, 4) is 0 Å². The summed E-state index contributed by atoms with van der Waals surface area (Å²) in [6, 6.07) is 0.865. The van der Waals surface area contributed by atoms with E-state index in [-0.39, 0.29) is 24.0 Å². The third-order valence-corrected chi connectivity index (χ3v) is 7.92. The minimum atomic E-state index is -0.687. The smallest absolute Gasteiger partial charge is 0.191 e. The average Bonchev–Trinajstić information content (AvgIpc) is 2.69. The van der Waals surface area contributed by atoms with Gasteiger partial charge in [-0.25, -0.2) is 0 Å². The molecular weight excluding hydrogens is 497 g/mol. The Morgan fingerprint density at radius 1 is 1.17 bits per heavy atom. The quantitative estimate of drug-likeness (QED) is 0.281. The lowest BCUT2D eigenvalue weighted by molar-refractivity contribution is 0.0925. The lowest BCUT2D eigenvalue weighted by Crippen LogP contribution is -2.52. The maximum Gasteiger partial charge on any atom is 0.191 e. The van der Waals surface area contributed by atoms with Gasteiger partial charge >= 0.3 is 0 Å². The zero-order valence-electron chi connectivity index (χ0n) is 19.2. The first-order valence-corrected chi connectivity index (χ1v) is 12.7. The number of rotatable bonds is 8. The Hall–Kier alpha value is 0.0700. The van der Waals surface area contributed by atoms with Gasteiger partial charge in [0.25, 0.3) is 0 Å². The summed E-state index contributed by atoms with van der Waals surface area (Å²) >= 11 is 0. The molecule has 2 N–H and O–H groups in total. The molecule has 4 atom stereocenters. The van der Waals surface area contributed by atoms with Gasteiger partial charge in [-0.2, -0.15) is 0 Å². The van der Waals surface area contributed by atoms with E-state index in [9.17, 15) is 4.21 Å². The van der Waals surface area contributed by atoms with Crippen molar-refractivity contribution < 1.29 is 4.21 Å². The first kappa shape index (κ1) is 27.1. The normalized spacial score (nSPS) is 26.6. The molecule has 2 aliphatic rings. The molecule has 4 unspecified atom stereocenters. The largest absolute Gasteiger partial charge is 0.357 e. The Morgan fingerprint density at radius 2 is 1.86 bits per heavy atom. The predicted molar refractivity (Wildman–Crippen MR) is 137 cm³/mol. The summed E-state index contributed by atoms with van der Waals surface area (Å²) in [4.78, 5) is 9.99. The Morgan fingerprint density at radius 3 is 2.45 bits per heavy atom. The van der Waals surface area contributed by atoms with Crippen molar-refractivity contribution in [2.75, 3.05) is 52.1 Å². The van der Waals surface area contributed by atoms with Gasteiger partial charge in [-0.3, -0.25) is 14.1 Å². The van der Waals surface area contributed by atoms with E-state index >= 15 is 0 Å². The first-order valence-electron chi connectivity index (χ1n) is 11.3. The van der Waals surface area contributed by atoms with Crippen LogP contribution in [0.4, 0.5) is 0 Å². The maximum absolute atomic E-state index is 12.2. The van der Waals surface area contributed by atoms with Gasteiger partial charge in [-0.05, 0) is 39.2 Å². The van der Waals surface area contributed by atoms with Crippen molar-refractivity contribution >= 4 is 40.7 Å². The van der Waals surface area contributed by atoms with Crippen molar-refractivity contribution in [2.24, 2.45) is 10.9 Å². The first-order chi connectivity index (χ1) is 13.4. The van der Waals surface area contributed by atoms with E-state index in [1.54, 1.807) is 0 Å². The van der Waals surface area contributed by atoms with Crippen LogP contribution in [0.25, 0.3) is 0 Å². The van der Waals surface area contributed by atoms with Gasteiger partial charge in [0, 0.05) is 66.6 Å². The molecule has 1 saturated heterocycles. The lowest BCUT2D eigenvalue weighted by Gasteiger charge is -2.39. The van der Waals surface area contributed by atoms with Crippen LogP contribution in [0, 0.1) is 5.92 Å². The van der Waals surface area contributed by atoms with Crippen LogP contribution in [0.5, 0.6) is 0 Å². The number of aliphatic imine (C=N–C) groups is 1. The molecule has 1 aliphatic carbocycles. The van der Waals surface area contributed by atoms with Crippen molar-refractivity contribution in [3.05, 3.63) is 0 Å². The molecule has 2 fully saturated rings. The monoisotopic (exact) mass is 541 g/mol. The molecular formula is C21H44IN5OS. The van der Waals surface area contributed by atoms with E-state index in [1.807, 2.05) is 6.92 Å². The van der Waals surface area contributed by atoms with E-state index in [0.717, 1.165) is 76.7 Å². The molecule has 1 saturated carbocycles. The lowest BCUT2D eigenvalue weighted by atomic mass is 9.95. The fourth-order valence-electron chi connectivity index (χ4n) is 4.35. The molecule has 0 bridgehead atoms. The van der Waals surface area contributed by atoms with Crippen LogP contribution in [0.1, 0.15) is 53.4 Å². The van der Waals surface area contributed by atoms with Crippen LogP contribution in [0.15, 0.2) is 4.99 Å². The molecule has 6 nitrogen and oxygen atoms in total. The van der Waals surface area contributed by atoms with Gasteiger partial charge in [0.05, 0.1) is 6.54 Å². The highest BCUT2D eigenvalue weighted by Crippen LogP contribution is 2.23. The highest BCUT2D eigenvalue weighted by Gasteiger charge is 2.27. The van der Waals surface area contributed by atoms with E-state index in [2.05, 4.69) is 48.3 Å². The fourth-order valence-corrected chi connectivity index (χ4v) is 5.70. The SMILES string of the molecule is CCNC(=NCC(C(C)C)N1CCN(C)CC1)NC1CCCC(S(=O)CC)C1.I. The zero-order chi connectivity index (χ0) is 20.5. The average molecular weight is 542 g/mol. The van der Waals surface area contributed by atoms with E-state index in [4.69, 9.17) is 4.99 Å². The van der Waals surface area contributed by atoms with Crippen LogP contribution in [-0.4, -0.2) is 89.4 Å². The Labute approximate surface area is 198 Å². The van der Waals surface area contributed by atoms with Crippen LogP contribution >= 0.6 is 24.0 Å². The number of halogens is 1. The van der Waals surface area contributed by atoms with Gasteiger partial charge in [0.15, 0.2) is 5.96 Å². The third kappa shape index (κ3) is 8.99. The molecule has 0 aromatic rings. The van der Waals surface area contributed by atoms with Crippen LogP contribution in [0.3, 0.4) is 0 Å². The highest BCUT2D eigenvalue weighted by molar-refractivity contribution is 14.0. The molecule has 0 spiro atoms. The van der Waals surface area contributed by atoms with Crippen molar-refractivity contribution in [1.29, 1.82) is 0 Å². The number of guanidine groups is 1. The second-order valence-electron chi connectivity index (χ2n) is 8.67. The van der Waals surface area contributed by atoms with Gasteiger partial charge in [0.2, 0.25) is 0 Å². The fraction of sp³-hybridized carbons (Fsp3) is 0.952. The second kappa shape index (κ2) is 14.2. The molecule has 0 amide bonds. The van der Waals surface area contributed by atoms with E-state index < -0.39 is 10.8 Å². The molecule has 0 aromatic heterocycles. The molecule has 172 valence electrons. The summed E-state index contributed by atoms with van der Waals surface area (Å²) in [6.45, 7) is 15.0. The van der Waals surface area contributed by atoms with Crippen LogP contribution in [0.2, 0.25) is 0 Å².